The Bertz CT molecular complexity index is 669. The smallest absolute Gasteiger partial charge is 0.412 e. The van der Waals surface area contributed by atoms with E-state index in [0.29, 0.717) is 11.4 Å². The number of benzene rings is 1. The standard InChI is InChI=1S/C13H15N5O2S/c1-2-20-13(19)17-11(21)10-9(16-12(14)18(10)15)8-6-4-3-5-7-8/h3-7H,2,15H2,1H3,(H2,14,16)(H,17,19,21). The Kier molecular flexibility index (Phi) is 4.39. The maximum absolute atomic E-state index is 11.5. The summed E-state index contributed by atoms with van der Waals surface area (Å²) in [5, 5.41) is 2.44. The molecule has 2 rings (SSSR count). The molecule has 0 atom stereocenters. The van der Waals surface area contributed by atoms with Crippen molar-refractivity contribution in [3.8, 4) is 11.3 Å². The molecule has 5 N–H and O–H groups in total. The number of imidazole rings is 1. The Hall–Kier alpha value is -2.61. The van der Waals surface area contributed by atoms with Gasteiger partial charge < -0.3 is 16.3 Å². The highest BCUT2D eigenvalue weighted by Crippen LogP contribution is 2.24. The molecule has 1 heterocycles. The predicted octanol–water partition coefficient (Wildman–Crippen LogP) is 1.27. The number of nitrogens with one attached hydrogen (secondary N) is 1. The van der Waals surface area contributed by atoms with E-state index in [4.69, 9.17) is 28.5 Å². The second kappa shape index (κ2) is 6.23. The molecule has 0 radical (unpaired) electrons. The maximum atomic E-state index is 11.5. The van der Waals surface area contributed by atoms with Crippen molar-refractivity contribution >= 4 is 29.2 Å². The van der Waals surface area contributed by atoms with E-state index in [1.807, 2.05) is 30.3 Å². The molecule has 0 saturated carbocycles. The van der Waals surface area contributed by atoms with Gasteiger partial charge in [-0.15, -0.1) is 0 Å². The van der Waals surface area contributed by atoms with Crippen molar-refractivity contribution in [2.45, 2.75) is 6.92 Å². The summed E-state index contributed by atoms with van der Waals surface area (Å²) in [6.45, 7) is 1.94. The van der Waals surface area contributed by atoms with Crippen LogP contribution >= 0.6 is 12.2 Å². The van der Waals surface area contributed by atoms with Gasteiger partial charge in [0.1, 0.15) is 16.4 Å². The number of nitrogens with two attached hydrogens (primary N) is 2. The summed E-state index contributed by atoms with van der Waals surface area (Å²) in [5.41, 5.74) is 7.36. The van der Waals surface area contributed by atoms with E-state index in [0.717, 1.165) is 10.2 Å². The highest BCUT2D eigenvalue weighted by Gasteiger charge is 2.20. The molecule has 0 unspecified atom stereocenters. The van der Waals surface area contributed by atoms with E-state index < -0.39 is 6.09 Å². The highest BCUT2D eigenvalue weighted by atomic mass is 32.1. The topological polar surface area (TPSA) is 108 Å². The summed E-state index contributed by atoms with van der Waals surface area (Å²) in [6, 6.07) is 9.27. The molecule has 1 aromatic carbocycles. The van der Waals surface area contributed by atoms with Crippen molar-refractivity contribution in [3.63, 3.8) is 0 Å². The largest absolute Gasteiger partial charge is 0.450 e. The molecule has 110 valence electrons. The van der Waals surface area contributed by atoms with Crippen molar-refractivity contribution in [2.24, 2.45) is 0 Å². The number of anilines is 1. The van der Waals surface area contributed by atoms with Crippen molar-refractivity contribution < 1.29 is 9.53 Å². The summed E-state index contributed by atoms with van der Waals surface area (Å²) in [6.07, 6.45) is -0.652. The second-order valence-corrected chi connectivity index (χ2v) is 4.49. The number of nitrogen functional groups attached to an aromatic ring is 2. The van der Waals surface area contributed by atoms with Gasteiger partial charge in [-0.3, -0.25) is 5.32 Å². The van der Waals surface area contributed by atoms with Crippen molar-refractivity contribution in [2.75, 3.05) is 18.2 Å². The molecule has 1 aromatic heterocycles. The number of ether oxygens (including phenoxy) is 1. The summed E-state index contributed by atoms with van der Waals surface area (Å²) in [4.78, 5) is 15.8. The lowest BCUT2D eigenvalue weighted by Crippen LogP contribution is -2.33. The zero-order valence-electron chi connectivity index (χ0n) is 11.4. The first-order chi connectivity index (χ1) is 10.0. The van der Waals surface area contributed by atoms with Crippen LogP contribution < -0.4 is 16.9 Å². The molecule has 21 heavy (non-hydrogen) atoms. The Morgan fingerprint density at radius 2 is 2.10 bits per heavy atom. The third-order valence-corrected chi connectivity index (χ3v) is 2.99. The van der Waals surface area contributed by atoms with Gasteiger partial charge in [-0.1, -0.05) is 42.5 Å². The van der Waals surface area contributed by atoms with Crippen molar-refractivity contribution in [1.82, 2.24) is 15.0 Å². The van der Waals surface area contributed by atoms with E-state index in [-0.39, 0.29) is 17.5 Å². The molecule has 0 saturated heterocycles. The van der Waals surface area contributed by atoms with Crippen LogP contribution in [0.3, 0.4) is 0 Å². The first kappa shape index (κ1) is 14.8. The number of carbonyl (C=O) groups excluding carboxylic acids is 1. The minimum atomic E-state index is -0.652. The number of alkyl carbamates (subject to hydrolysis) is 1. The average molecular weight is 305 g/mol. The Labute approximate surface area is 126 Å². The third kappa shape index (κ3) is 3.11. The maximum Gasteiger partial charge on any atom is 0.412 e. The second-order valence-electron chi connectivity index (χ2n) is 4.08. The predicted molar refractivity (Wildman–Crippen MR) is 84.1 cm³/mol. The fourth-order valence-corrected chi connectivity index (χ4v) is 2.06. The lowest BCUT2D eigenvalue weighted by atomic mass is 10.1. The average Bonchev–Trinajstić information content (AvgIpc) is 2.76. The molecule has 0 aliphatic carbocycles. The minimum absolute atomic E-state index is 0.0943. The highest BCUT2D eigenvalue weighted by molar-refractivity contribution is 7.80. The van der Waals surface area contributed by atoms with Crippen molar-refractivity contribution in [3.05, 3.63) is 36.0 Å². The van der Waals surface area contributed by atoms with Gasteiger partial charge in [0.05, 0.1) is 6.61 Å². The number of aromatic nitrogens is 2. The van der Waals surface area contributed by atoms with Crippen LogP contribution in [0.5, 0.6) is 0 Å². The van der Waals surface area contributed by atoms with Crippen LogP contribution in [0.4, 0.5) is 10.7 Å². The van der Waals surface area contributed by atoms with Gasteiger partial charge in [-0.25, -0.2) is 14.5 Å². The van der Waals surface area contributed by atoms with Gasteiger partial charge in [-0.2, -0.15) is 0 Å². The van der Waals surface area contributed by atoms with E-state index in [1.54, 1.807) is 6.92 Å². The lowest BCUT2D eigenvalue weighted by molar-refractivity contribution is 0.158. The van der Waals surface area contributed by atoms with Gasteiger partial charge in [0, 0.05) is 5.56 Å². The van der Waals surface area contributed by atoms with Gasteiger partial charge in [-0.05, 0) is 6.92 Å². The Balaban J connectivity index is 2.39. The fraction of sp³-hybridized carbons (Fsp3) is 0.154. The molecule has 8 heteroatoms. The number of thiocarbonyl (C=S) groups is 1. The number of rotatable bonds is 3. The zero-order valence-corrected chi connectivity index (χ0v) is 12.2. The summed E-state index contributed by atoms with van der Waals surface area (Å²) < 4.78 is 5.92. The van der Waals surface area contributed by atoms with Gasteiger partial charge in [0.2, 0.25) is 5.95 Å². The van der Waals surface area contributed by atoms with Crippen LogP contribution in [0.1, 0.15) is 12.6 Å². The van der Waals surface area contributed by atoms with E-state index in [2.05, 4.69) is 10.3 Å². The molecule has 0 spiro atoms. The van der Waals surface area contributed by atoms with Crippen molar-refractivity contribution in [1.29, 1.82) is 0 Å². The molecule has 0 aliphatic rings. The Morgan fingerprint density at radius 1 is 1.43 bits per heavy atom. The first-order valence-corrected chi connectivity index (χ1v) is 6.62. The van der Waals surface area contributed by atoms with Crippen LogP contribution in [0.15, 0.2) is 30.3 Å². The van der Waals surface area contributed by atoms with Crippen LogP contribution in [0.2, 0.25) is 0 Å². The number of amides is 1. The number of carbonyl (C=O) groups is 1. The minimum Gasteiger partial charge on any atom is -0.450 e. The molecular weight excluding hydrogens is 290 g/mol. The summed E-state index contributed by atoms with van der Waals surface area (Å²) in [7, 11) is 0. The van der Waals surface area contributed by atoms with E-state index >= 15 is 0 Å². The quantitative estimate of drug-likeness (QED) is 0.582. The van der Waals surface area contributed by atoms with Gasteiger partial charge in [0.15, 0.2) is 0 Å². The molecule has 1 amide bonds. The van der Waals surface area contributed by atoms with Gasteiger partial charge in [0.25, 0.3) is 0 Å². The SMILES string of the molecule is CCOC(=O)NC(=S)c1c(-c2ccccc2)nc(N)n1N. The zero-order chi connectivity index (χ0) is 15.4. The van der Waals surface area contributed by atoms with Crippen LogP contribution in [0.25, 0.3) is 11.3 Å². The molecule has 0 aliphatic heterocycles. The molecule has 0 bridgehead atoms. The summed E-state index contributed by atoms with van der Waals surface area (Å²) >= 11 is 5.19. The normalized spacial score (nSPS) is 10.1. The van der Waals surface area contributed by atoms with Gasteiger partial charge >= 0.3 is 6.09 Å². The van der Waals surface area contributed by atoms with E-state index in [1.165, 1.54) is 0 Å². The molecule has 7 nitrogen and oxygen atoms in total. The lowest BCUT2D eigenvalue weighted by Gasteiger charge is -2.09. The molecule has 2 aromatic rings. The first-order valence-electron chi connectivity index (χ1n) is 6.21. The summed E-state index contributed by atoms with van der Waals surface area (Å²) in [5.74, 6) is 5.94. The number of hydrogen-bond donors (Lipinski definition) is 3. The Morgan fingerprint density at radius 3 is 2.71 bits per heavy atom. The van der Waals surface area contributed by atoms with Crippen LogP contribution in [-0.4, -0.2) is 27.3 Å². The fourth-order valence-electron chi connectivity index (χ4n) is 1.78. The number of nitrogens with zero attached hydrogens (tertiary/aromatic N) is 2. The van der Waals surface area contributed by atoms with Crippen LogP contribution in [0, 0.1) is 0 Å². The number of hydrogen-bond acceptors (Lipinski definition) is 6. The molecule has 0 fully saturated rings. The van der Waals surface area contributed by atoms with Crippen LogP contribution in [-0.2, 0) is 4.74 Å². The molecular formula is C13H15N5O2S. The van der Waals surface area contributed by atoms with E-state index in [9.17, 15) is 4.79 Å². The monoisotopic (exact) mass is 305 g/mol. The third-order valence-electron chi connectivity index (χ3n) is 2.69.